The second kappa shape index (κ2) is 6.44. The monoisotopic (exact) mass is 302 g/mol. The maximum Gasteiger partial charge on any atom is 0.338 e. The summed E-state index contributed by atoms with van der Waals surface area (Å²) in [6, 6.07) is 10.9. The third kappa shape index (κ3) is 3.42. The Kier molecular flexibility index (Phi) is 4.42. The van der Waals surface area contributed by atoms with E-state index in [1.54, 1.807) is 6.07 Å². The molecule has 0 aliphatic carbocycles. The Hall–Kier alpha value is -3.29. The molecule has 8 heteroatoms. The second-order valence-corrected chi connectivity index (χ2v) is 4.27. The molecule has 0 saturated heterocycles. The van der Waals surface area contributed by atoms with Crippen molar-refractivity contribution in [3.8, 4) is 0 Å². The molecule has 0 aromatic heterocycles. The minimum absolute atomic E-state index is 0.00721. The lowest BCUT2D eigenvalue weighted by molar-refractivity contribution is -0.385. The van der Waals surface area contributed by atoms with Crippen LogP contribution >= 0.6 is 0 Å². The highest BCUT2D eigenvalue weighted by Gasteiger charge is 2.16. The van der Waals surface area contributed by atoms with Crippen LogP contribution < -0.4 is 0 Å². The van der Waals surface area contributed by atoms with Gasteiger partial charge in [0.2, 0.25) is 0 Å². The molecule has 0 aliphatic rings. The first-order valence-corrected chi connectivity index (χ1v) is 6.13. The van der Waals surface area contributed by atoms with Gasteiger partial charge in [-0.25, -0.2) is 4.79 Å². The molecule has 2 aromatic carbocycles. The predicted molar refractivity (Wildman–Crippen MR) is 75.3 cm³/mol. The van der Waals surface area contributed by atoms with Gasteiger partial charge in [0.05, 0.1) is 21.0 Å². The summed E-state index contributed by atoms with van der Waals surface area (Å²) in [5.74, 6) is -0.790. The van der Waals surface area contributed by atoms with E-state index in [-0.39, 0.29) is 29.1 Å². The van der Waals surface area contributed by atoms with Crippen LogP contribution in [-0.4, -0.2) is 15.8 Å². The molecule has 0 heterocycles. The molecular formula is C14H10N2O6. The number of hydrogen-bond acceptors (Lipinski definition) is 6. The minimum Gasteiger partial charge on any atom is -0.457 e. The largest absolute Gasteiger partial charge is 0.457 e. The van der Waals surface area contributed by atoms with Crippen molar-refractivity contribution in [3.63, 3.8) is 0 Å². The lowest BCUT2D eigenvalue weighted by atomic mass is 10.2. The van der Waals surface area contributed by atoms with Crippen molar-refractivity contribution in [3.05, 3.63) is 79.9 Å². The molecule has 0 atom stereocenters. The summed E-state index contributed by atoms with van der Waals surface area (Å²) in [5.41, 5.74) is -0.145. The molecule has 112 valence electrons. The van der Waals surface area contributed by atoms with Gasteiger partial charge in [-0.15, -0.1) is 0 Å². The van der Waals surface area contributed by atoms with Crippen LogP contribution in [0, 0.1) is 20.2 Å². The first kappa shape index (κ1) is 15.1. The van der Waals surface area contributed by atoms with Crippen LogP contribution in [0.4, 0.5) is 11.4 Å². The molecule has 2 aromatic rings. The molecule has 0 spiro atoms. The number of para-hydroxylation sites is 1. The van der Waals surface area contributed by atoms with E-state index in [9.17, 15) is 25.0 Å². The van der Waals surface area contributed by atoms with Gasteiger partial charge in [-0.1, -0.05) is 18.2 Å². The van der Waals surface area contributed by atoms with Crippen LogP contribution in [0.2, 0.25) is 0 Å². The number of esters is 1. The quantitative estimate of drug-likeness (QED) is 0.476. The standard InChI is InChI=1S/C14H10N2O6/c17-14(10-5-3-6-12(8-10)15(18)19)22-9-11-4-1-2-7-13(11)16(20)21/h1-8H,9H2. The number of rotatable bonds is 5. The van der Waals surface area contributed by atoms with Gasteiger partial charge in [-0.2, -0.15) is 0 Å². The van der Waals surface area contributed by atoms with Crippen molar-refractivity contribution in [2.75, 3.05) is 0 Å². The van der Waals surface area contributed by atoms with Crippen molar-refractivity contribution in [1.29, 1.82) is 0 Å². The summed E-state index contributed by atoms with van der Waals surface area (Å²) < 4.78 is 4.97. The van der Waals surface area contributed by atoms with Gasteiger partial charge >= 0.3 is 5.97 Å². The Morgan fingerprint density at radius 2 is 1.73 bits per heavy atom. The fourth-order valence-electron chi connectivity index (χ4n) is 1.78. The highest BCUT2D eigenvalue weighted by atomic mass is 16.6. The first-order chi connectivity index (χ1) is 10.5. The molecule has 0 bridgehead atoms. The zero-order valence-electron chi connectivity index (χ0n) is 11.2. The topological polar surface area (TPSA) is 113 Å². The van der Waals surface area contributed by atoms with E-state index < -0.39 is 15.8 Å². The summed E-state index contributed by atoms with van der Waals surface area (Å²) in [4.78, 5) is 32.2. The molecule has 2 rings (SSSR count). The van der Waals surface area contributed by atoms with Crippen molar-refractivity contribution < 1.29 is 19.4 Å². The van der Waals surface area contributed by atoms with Crippen LogP contribution in [0.5, 0.6) is 0 Å². The van der Waals surface area contributed by atoms with Crippen molar-refractivity contribution in [2.45, 2.75) is 6.61 Å². The molecule has 0 unspecified atom stereocenters. The van der Waals surface area contributed by atoms with Crippen molar-refractivity contribution in [2.24, 2.45) is 0 Å². The molecule has 0 amide bonds. The van der Waals surface area contributed by atoms with Gasteiger partial charge in [0, 0.05) is 18.2 Å². The van der Waals surface area contributed by atoms with Crippen molar-refractivity contribution >= 4 is 17.3 Å². The van der Waals surface area contributed by atoms with Gasteiger partial charge in [-0.05, 0) is 12.1 Å². The van der Waals surface area contributed by atoms with Gasteiger partial charge in [0.15, 0.2) is 0 Å². The van der Waals surface area contributed by atoms with Crippen LogP contribution in [0.1, 0.15) is 15.9 Å². The Morgan fingerprint density at radius 1 is 1.00 bits per heavy atom. The number of benzene rings is 2. The summed E-state index contributed by atoms with van der Waals surface area (Å²) in [6.07, 6.45) is 0. The number of nitro benzene ring substituents is 2. The molecule has 0 aliphatic heterocycles. The average Bonchev–Trinajstić information content (AvgIpc) is 2.52. The second-order valence-electron chi connectivity index (χ2n) is 4.27. The van der Waals surface area contributed by atoms with E-state index in [2.05, 4.69) is 0 Å². The smallest absolute Gasteiger partial charge is 0.338 e. The maximum atomic E-state index is 11.9. The molecule has 22 heavy (non-hydrogen) atoms. The van der Waals surface area contributed by atoms with Crippen LogP contribution in [0.25, 0.3) is 0 Å². The van der Waals surface area contributed by atoms with Gasteiger partial charge in [-0.3, -0.25) is 20.2 Å². The fourth-order valence-corrected chi connectivity index (χ4v) is 1.78. The minimum atomic E-state index is -0.790. The van der Waals surface area contributed by atoms with Crippen LogP contribution in [0.15, 0.2) is 48.5 Å². The number of nitrogens with zero attached hydrogens (tertiary/aromatic N) is 2. The SMILES string of the molecule is O=C(OCc1ccccc1[N+](=O)[O-])c1cccc([N+](=O)[O-])c1. The summed E-state index contributed by atoms with van der Waals surface area (Å²) in [5, 5.41) is 21.5. The Balaban J connectivity index is 2.12. The third-order valence-corrected chi connectivity index (χ3v) is 2.84. The lowest BCUT2D eigenvalue weighted by Crippen LogP contribution is -2.07. The number of non-ortho nitro benzene ring substituents is 1. The van der Waals surface area contributed by atoms with Crippen LogP contribution in [0.3, 0.4) is 0 Å². The Morgan fingerprint density at radius 3 is 2.41 bits per heavy atom. The molecule has 0 fully saturated rings. The van der Waals surface area contributed by atoms with E-state index >= 15 is 0 Å². The molecule has 0 radical (unpaired) electrons. The number of ether oxygens (including phenoxy) is 1. The molecule has 0 N–H and O–H groups in total. The molecular weight excluding hydrogens is 292 g/mol. The van der Waals surface area contributed by atoms with Gasteiger partial charge in [0.25, 0.3) is 11.4 Å². The number of hydrogen-bond donors (Lipinski definition) is 0. The zero-order chi connectivity index (χ0) is 16.1. The Bertz CT molecular complexity index is 744. The fraction of sp³-hybridized carbons (Fsp3) is 0.0714. The summed E-state index contributed by atoms with van der Waals surface area (Å²) in [7, 11) is 0. The van der Waals surface area contributed by atoms with E-state index in [0.29, 0.717) is 0 Å². The lowest BCUT2D eigenvalue weighted by Gasteiger charge is -2.05. The number of carbonyl (C=O) groups excluding carboxylic acids is 1. The number of nitro groups is 2. The van der Waals surface area contributed by atoms with Gasteiger partial charge in [0.1, 0.15) is 6.61 Å². The molecule has 8 nitrogen and oxygen atoms in total. The van der Waals surface area contributed by atoms with E-state index in [1.165, 1.54) is 36.4 Å². The summed E-state index contributed by atoms with van der Waals surface area (Å²) >= 11 is 0. The van der Waals surface area contributed by atoms with Crippen LogP contribution in [-0.2, 0) is 11.3 Å². The van der Waals surface area contributed by atoms with E-state index in [0.717, 1.165) is 6.07 Å². The van der Waals surface area contributed by atoms with E-state index in [4.69, 9.17) is 4.74 Å². The Labute approximate surface area is 124 Å². The average molecular weight is 302 g/mol. The van der Waals surface area contributed by atoms with Crippen molar-refractivity contribution in [1.82, 2.24) is 0 Å². The highest BCUT2D eigenvalue weighted by Crippen LogP contribution is 2.20. The van der Waals surface area contributed by atoms with Gasteiger partial charge < -0.3 is 4.74 Å². The summed E-state index contributed by atoms with van der Waals surface area (Å²) in [6.45, 7) is -0.293. The number of carbonyl (C=O) groups is 1. The molecule has 0 saturated carbocycles. The zero-order valence-corrected chi connectivity index (χ0v) is 11.2. The highest BCUT2D eigenvalue weighted by molar-refractivity contribution is 5.90. The maximum absolute atomic E-state index is 11.9. The van der Waals surface area contributed by atoms with E-state index in [1.807, 2.05) is 0 Å². The normalized spacial score (nSPS) is 10.0. The third-order valence-electron chi connectivity index (χ3n) is 2.84. The predicted octanol–water partition coefficient (Wildman–Crippen LogP) is 2.86. The first-order valence-electron chi connectivity index (χ1n) is 6.13.